The molecule has 0 rings (SSSR count). The second-order valence-corrected chi connectivity index (χ2v) is 7.88. The summed E-state index contributed by atoms with van der Waals surface area (Å²) in [6, 6.07) is 0. The number of methoxy groups -OCH3 is 1. The number of alkyl halides is 1. The van der Waals surface area contributed by atoms with E-state index in [-0.39, 0.29) is 9.89 Å². The fourth-order valence-electron chi connectivity index (χ4n) is 2.76. The molecule has 0 saturated carbocycles. The summed E-state index contributed by atoms with van der Waals surface area (Å²) < 4.78 is 4.78. The predicted octanol–water partition coefficient (Wildman–Crippen LogP) is 6.83. The quantitative estimate of drug-likeness (QED) is 0.117. The zero-order valence-corrected chi connectivity index (χ0v) is 17.0. The predicted molar refractivity (Wildman–Crippen MR) is 105 cm³/mol. The third kappa shape index (κ3) is 15.1. The van der Waals surface area contributed by atoms with Crippen LogP contribution in [0, 0.1) is 0 Å². The first-order chi connectivity index (χ1) is 10.7. The molecule has 0 heterocycles. The van der Waals surface area contributed by atoms with Gasteiger partial charge in [-0.3, -0.25) is 4.79 Å². The van der Waals surface area contributed by atoms with Gasteiger partial charge in [0.2, 0.25) is 0 Å². The lowest BCUT2D eigenvalue weighted by Gasteiger charge is -2.07. The minimum absolute atomic E-state index is 0.0416. The van der Waals surface area contributed by atoms with Crippen LogP contribution in [0.1, 0.15) is 103 Å². The van der Waals surface area contributed by atoms with E-state index >= 15 is 0 Å². The van der Waals surface area contributed by atoms with Gasteiger partial charge >= 0.3 is 5.97 Å². The lowest BCUT2D eigenvalue weighted by molar-refractivity contribution is -0.139. The van der Waals surface area contributed by atoms with Crippen molar-refractivity contribution in [3.63, 3.8) is 0 Å². The van der Waals surface area contributed by atoms with Crippen molar-refractivity contribution in [3.8, 4) is 0 Å². The topological polar surface area (TPSA) is 26.3 Å². The van der Waals surface area contributed by atoms with E-state index in [1.807, 2.05) is 0 Å². The molecule has 0 bridgehead atoms. The van der Waals surface area contributed by atoms with Crippen LogP contribution in [0.2, 0.25) is 0 Å². The standard InChI is InChI=1S/C19H37IO2/c1-3-4-5-6-7-8-9-10-11-12-13-14-15-16-17-18(20)19(21)22-2/h18H,3-17H2,1-2H3. The van der Waals surface area contributed by atoms with E-state index in [9.17, 15) is 4.79 Å². The summed E-state index contributed by atoms with van der Waals surface area (Å²) in [5.41, 5.74) is 0. The smallest absolute Gasteiger partial charge is 0.318 e. The molecule has 1 atom stereocenters. The van der Waals surface area contributed by atoms with Gasteiger partial charge in [-0.05, 0) is 6.42 Å². The summed E-state index contributed by atoms with van der Waals surface area (Å²) in [7, 11) is 1.47. The number of hydrogen-bond acceptors (Lipinski definition) is 2. The Bertz CT molecular complexity index is 244. The van der Waals surface area contributed by atoms with Crippen molar-refractivity contribution >= 4 is 28.6 Å². The first-order valence-electron chi connectivity index (χ1n) is 9.44. The summed E-state index contributed by atoms with van der Waals surface area (Å²) in [6.45, 7) is 2.28. The molecule has 0 aromatic carbocycles. The minimum atomic E-state index is -0.0738. The average Bonchev–Trinajstić information content (AvgIpc) is 2.54. The van der Waals surface area contributed by atoms with Gasteiger partial charge in [0.1, 0.15) is 3.92 Å². The lowest BCUT2D eigenvalue weighted by atomic mass is 10.0. The molecule has 0 saturated heterocycles. The van der Waals surface area contributed by atoms with Crippen LogP contribution in [0.25, 0.3) is 0 Å². The van der Waals surface area contributed by atoms with Crippen molar-refractivity contribution in [2.75, 3.05) is 7.11 Å². The van der Waals surface area contributed by atoms with Gasteiger partial charge in [-0.25, -0.2) is 0 Å². The largest absolute Gasteiger partial charge is 0.468 e. The van der Waals surface area contributed by atoms with Crippen molar-refractivity contribution in [1.29, 1.82) is 0 Å². The van der Waals surface area contributed by atoms with Crippen molar-refractivity contribution in [3.05, 3.63) is 0 Å². The van der Waals surface area contributed by atoms with Crippen LogP contribution in [-0.2, 0) is 9.53 Å². The van der Waals surface area contributed by atoms with Crippen LogP contribution in [0.4, 0.5) is 0 Å². The fourth-order valence-corrected chi connectivity index (χ4v) is 3.46. The van der Waals surface area contributed by atoms with Crippen LogP contribution >= 0.6 is 22.6 Å². The van der Waals surface area contributed by atoms with E-state index in [1.165, 1.54) is 90.6 Å². The maximum atomic E-state index is 11.2. The highest BCUT2D eigenvalue weighted by molar-refractivity contribution is 14.1. The molecule has 132 valence electrons. The van der Waals surface area contributed by atoms with E-state index in [0.717, 1.165) is 12.8 Å². The second kappa shape index (κ2) is 17.6. The summed E-state index contributed by atoms with van der Waals surface area (Å²) in [5.74, 6) is -0.0738. The summed E-state index contributed by atoms with van der Waals surface area (Å²) >= 11 is 2.19. The number of unbranched alkanes of at least 4 members (excludes halogenated alkanes) is 13. The molecule has 0 fully saturated rings. The summed E-state index contributed by atoms with van der Waals surface area (Å²) in [6.07, 6.45) is 20.2. The molecule has 0 aliphatic carbocycles. The molecule has 0 spiro atoms. The van der Waals surface area contributed by atoms with E-state index in [4.69, 9.17) is 4.74 Å². The van der Waals surface area contributed by atoms with Crippen LogP contribution in [-0.4, -0.2) is 17.0 Å². The zero-order chi connectivity index (χ0) is 16.5. The third-order valence-corrected chi connectivity index (χ3v) is 5.40. The number of esters is 1. The highest BCUT2D eigenvalue weighted by atomic mass is 127. The fraction of sp³-hybridized carbons (Fsp3) is 0.947. The molecule has 0 aliphatic heterocycles. The van der Waals surface area contributed by atoms with Crippen LogP contribution in [0.15, 0.2) is 0 Å². The Balaban J connectivity index is 3.10. The average molecular weight is 424 g/mol. The molecule has 22 heavy (non-hydrogen) atoms. The molecule has 0 aliphatic rings. The van der Waals surface area contributed by atoms with E-state index in [1.54, 1.807) is 0 Å². The van der Waals surface area contributed by atoms with Crippen LogP contribution in [0.5, 0.6) is 0 Å². The first-order valence-corrected chi connectivity index (χ1v) is 10.7. The Morgan fingerprint density at radius 2 is 1.14 bits per heavy atom. The Kier molecular flexibility index (Phi) is 17.7. The molecular formula is C19H37IO2. The molecule has 0 aromatic rings. The molecule has 1 unspecified atom stereocenters. The number of ether oxygens (including phenoxy) is 1. The third-order valence-electron chi connectivity index (χ3n) is 4.27. The highest BCUT2D eigenvalue weighted by Gasteiger charge is 2.13. The molecule has 3 heteroatoms. The SMILES string of the molecule is CCCCCCCCCCCCCCCCC(I)C(=O)OC. The zero-order valence-electron chi connectivity index (χ0n) is 14.9. The molecule has 0 amide bonds. The van der Waals surface area contributed by atoms with E-state index < -0.39 is 0 Å². The number of halogens is 1. The van der Waals surface area contributed by atoms with Crippen LogP contribution in [0.3, 0.4) is 0 Å². The van der Waals surface area contributed by atoms with Crippen molar-refractivity contribution in [2.24, 2.45) is 0 Å². The van der Waals surface area contributed by atoms with Gasteiger partial charge in [0, 0.05) is 0 Å². The van der Waals surface area contributed by atoms with Gasteiger partial charge in [0.15, 0.2) is 0 Å². The first kappa shape index (κ1) is 22.2. The highest BCUT2D eigenvalue weighted by Crippen LogP contribution is 2.16. The molecule has 2 nitrogen and oxygen atoms in total. The van der Waals surface area contributed by atoms with E-state index in [0.29, 0.717) is 0 Å². The minimum Gasteiger partial charge on any atom is -0.468 e. The Morgan fingerprint density at radius 3 is 1.50 bits per heavy atom. The molecule has 0 N–H and O–H groups in total. The Labute approximate surface area is 152 Å². The van der Waals surface area contributed by atoms with Gasteiger partial charge in [0.05, 0.1) is 7.11 Å². The number of carbonyl (C=O) groups excluding carboxylic acids is 1. The summed E-state index contributed by atoms with van der Waals surface area (Å²) in [5, 5.41) is 0. The van der Waals surface area contributed by atoms with Gasteiger partial charge in [-0.2, -0.15) is 0 Å². The van der Waals surface area contributed by atoms with Crippen molar-refractivity contribution in [2.45, 2.75) is 107 Å². The van der Waals surface area contributed by atoms with Crippen LogP contribution < -0.4 is 0 Å². The molecular weight excluding hydrogens is 387 g/mol. The van der Waals surface area contributed by atoms with Gasteiger partial charge in [-0.1, -0.05) is 119 Å². The summed E-state index contributed by atoms with van der Waals surface area (Å²) in [4.78, 5) is 11.2. The normalized spacial score (nSPS) is 12.3. The lowest BCUT2D eigenvalue weighted by Crippen LogP contribution is -2.14. The Hall–Kier alpha value is 0.200. The number of carbonyl (C=O) groups is 1. The van der Waals surface area contributed by atoms with Crippen molar-refractivity contribution in [1.82, 2.24) is 0 Å². The second-order valence-electron chi connectivity index (χ2n) is 6.38. The molecule has 0 radical (unpaired) electrons. The monoisotopic (exact) mass is 424 g/mol. The maximum absolute atomic E-state index is 11.2. The number of hydrogen-bond donors (Lipinski definition) is 0. The van der Waals surface area contributed by atoms with Gasteiger partial charge < -0.3 is 4.74 Å². The van der Waals surface area contributed by atoms with Crippen molar-refractivity contribution < 1.29 is 9.53 Å². The maximum Gasteiger partial charge on any atom is 0.318 e. The molecule has 0 aromatic heterocycles. The van der Waals surface area contributed by atoms with E-state index in [2.05, 4.69) is 29.5 Å². The Morgan fingerprint density at radius 1 is 0.773 bits per heavy atom. The van der Waals surface area contributed by atoms with Gasteiger partial charge in [-0.15, -0.1) is 0 Å². The number of rotatable bonds is 16. The van der Waals surface area contributed by atoms with Gasteiger partial charge in [0.25, 0.3) is 0 Å².